The molecule has 0 radical (unpaired) electrons. The summed E-state index contributed by atoms with van der Waals surface area (Å²) in [4.78, 5) is 164. The number of nitrogens with two attached hydrogens (primary N) is 3. The van der Waals surface area contributed by atoms with Gasteiger partial charge in [-0.2, -0.15) is 12.6 Å². The number of hydrogen-bond acceptors (Lipinski definition) is 17. The molecule has 0 heterocycles. The van der Waals surface area contributed by atoms with Crippen molar-refractivity contribution in [1.82, 2.24) is 53.2 Å². The first-order valence-corrected chi connectivity index (χ1v) is 29.1. The normalized spacial score (nSPS) is 14.9. The van der Waals surface area contributed by atoms with Gasteiger partial charge in [-0.25, -0.2) is 0 Å². The fourth-order valence-electron chi connectivity index (χ4n) is 8.44. The first-order valence-electron chi connectivity index (χ1n) is 28.6. The molecule has 488 valence electrons. The van der Waals surface area contributed by atoms with Crippen LogP contribution < -0.4 is 70.4 Å². The van der Waals surface area contributed by atoms with Gasteiger partial charge >= 0.3 is 11.9 Å². The SMILES string of the molecule is CC(C)C[C@H](NC(=O)[C@H](Cc1ccc(O)cc1)NC(=O)[C@H](CC(C)C)NC(=O)[C@@H](NC(=O)CNC(=O)[C@H](C)NC(=O)[C@H](CCCN=C(N)N)NC(=O)[C@H](Cc1ccc(O)cc1)NC(=O)[C@@H](N)CC(C)C)[C@H](S)C(=O)O)C(=O)N[C@@H](C)C(=O)N[C@@H](C)C(=O)O. The highest BCUT2D eigenvalue weighted by molar-refractivity contribution is 7.81. The number of carboxylic acids is 2. The molecule has 30 nitrogen and oxygen atoms in total. The fraction of sp³-hybridized carbons (Fsp3) is 0.561. The number of amides is 10. The summed E-state index contributed by atoms with van der Waals surface area (Å²) in [6.07, 6.45) is -0.0988. The van der Waals surface area contributed by atoms with Crippen LogP contribution in [-0.2, 0) is 70.4 Å². The average molecular weight is 1260 g/mol. The average Bonchev–Trinajstić information content (AvgIpc) is 3.53. The van der Waals surface area contributed by atoms with Crippen molar-refractivity contribution in [3.63, 3.8) is 0 Å². The molecular formula is C57H88N14O16S. The van der Waals surface area contributed by atoms with Crippen molar-refractivity contribution in [2.45, 2.75) is 173 Å². The summed E-state index contributed by atoms with van der Waals surface area (Å²) >= 11 is 4.04. The van der Waals surface area contributed by atoms with Crippen LogP contribution in [0.15, 0.2) is 53.5 Å². The van der Waals surface area contributed by atoms with E-state index in [-0.39, 0.29) is 80.3 Å². The molecule has 0 spiro atoms. The van der Waals surface area contributed by atoms with Gasteiger partial charge in [0, 0.05) is 19.4 Å². The number of aromatic hydroxyl groups is 2. The van der Waals surface area contributed by atoms with Crippen LogP contribution in [0.25, 0.3) is 0 Å². The van der Waals surface area contributed by atoms with Crippen molar-refractivity contribution >= 4 is 89.6 Å². The van der Waals surface area contributed by atoms with Crippen LogP contribution in [-0.4, -0.2) is 176 Å². The summed E-state index contributed by atoms with van der Waals surface area (Å²) in [5.74, 6) is -13.1. The van der Waals surface area contributed by atoms with Crippen LogP contribution in [0.4, 0.5) is 0 Å². The molecule has 2 aromatic rings. The molecule has 0 aliphatic rings. The van der Waals surface area contributed by atoms with E-state index in [4.69, 9.17) is 17.2 Å². The number of benzene rings is 2. The standard InChI is InChI=1S/C57H88N14O16S/c1-27(2)21-37(58)48(77)67-41(24-33-12-16-35(72)17-13-33)52(81)66-38(11-10-20-61-57(59)60)49(78)63-30(7)46(75)62-26-43(74)71-44(45(88)56(86)87)54(83)70-40(23-29(5)6)51(80)69-42(25-34-14-18-36(73)19-15-34)53(82)68-39(22-28(3)4)50(79)64-31(8)47(76)65-32(9)55(84)85/h12-19,27-32,37-42,44-45,72-73,88H,10-11,20-26,58H2,1-9H3,(H,62,75)(H,63,78)(H,64,79)(H,65,76)(H,66,81)(H,67,77)(H,68,82)(H,69,80)(H,70,83)(H,71,74)(H,84,85)(H,86,87)(H4,59,60,61)/t30-,31-,32-,37-,38-,39-,40-,41-,42-,44-,45-/m0/s1. The van der Waals surface area contributed by atoms with E-state index in [1.165, 1.54) is 69.3 Å². The van der Waals surface area contributed by atoms with Gasteiger partial charge in [0.1, 0.15) is 71.1 Å². The molecule has 11 atom stereocenters. The predicted molar refractivity (Wildman–Crippen MR) is 325 cm³/mol. The van der Waals surface area contributed by atoms with Gasteiger partial charge in [0.25, 0.3) is 0 Å². The van der Waals surface area contributed by atoms with Gasteiger partial charge in [0.2, 0.25) is 59.1 Å². The van der Waals surface area contributed by atoms with Gasteiger partial charge in [0.15, 0.2) is 5.96 Å². The number of nitrogens with zero attached hydrogens (tertiary/aromatic N) is 1. The lowest BCUT2D eigenvalue weighted by molar-refractivity contribution is -0.141. The van der Waals surface area contributed by atoms with Crippen LogP contribution in [0.2, 0.25) is 0 Å². The van der Waals surface area contributed by atoms with E-state index in [1.54, 1.807) is 27.7 Å². The van der Waals surface area contributed by atoms with E-state index >= 15 is 0 Å². The molecule has 0 fully saturated rings. The van der Waals surface area contributed by atoms with Crippen LogP contribution in [0.5, 0.6) is 11.5 Å². The van der Waals surface area contributed by atoms with E-state index in [0.717, 1.165) is 0 Å². The van der Waals surface area contributed by atoms with Gasteiger partial charge in [-0.1, -0.05) is 65.8 Å². The Morgan fingerprint density at radius 3 is 1.30 bits per heavy atom. The summed E-state index contributed by atoms with van der Waals surface area (Å²) in [6, 6.07) is -2.53. The number of hydrogen-bond donors (Lipinski definition) is 18. The topological polar surface area (TPSA) is 496 Å². The number of carboxylic acid groups (broad SMARTS) is 2. The maximum Gasteiger partial charge on any atom is 0.325 e. The lowest BCUT2D eigenvalue weighted by Gasteiger charge is -2.28. The molecule has 2 rings (SSSR count). The fourth-order valence-corrected chi connectivity index (χ4v) is 8.65. The first-order chi connectivity index (χ1) is 41.1. The number of thiol groups is 1. The number of carbonyl (C=O) groups is 12. The third kappa shape index (κ3) is 27.7. The molecule has 0 saturated heterocycles. The number of guanidine groups is 1. The lowest BCUT2D eigenvalue weighted by atomic mass is 9.99. The highest BCUT2D eigenvalue weighted by Gasteiger charge is 2.38. The Morgan fingerprint density at radius 2 is 0.852 bits per heavy atom. The quantitative estimate of drug-likeness (QED) is 0.0143. The zero-order chi connectivity index (χ0) is 66.7. The molecule has 10 amide bonds. The van der Waals surface area contributed by atoms with Crippen molar-refractivity contribution in [1.29, 1.82) is 0 Å². The Hall–Kier alpha value is -8.74. The molecule has 0 unspecified atom stereocenters. The van der Waals surface area contributed by atoms with Crippen molar-refractivity contribution in [2.24, 2.45) is 39.9 Å². The largest absolute Gasteiger partial charge is 0.508 e. The molecule has 0 aliphatic heterocycles. The van der Waals surface area contributed by atoms with Crippen molar-refractivity contribution in [2.75, 3.05) is 13.1 Å². The third-order valence-corrected chi connectivity index (χ3v) is 13.7. The number of rotatable bonds is 37. The number of aliphatic imine (C=N–C) groups is 1. The summed E-state index contributed by atoms with van der Waals surface area (Å²) in [5.41, 5.74) is 18.0. The minimum absolute atomic E-state index is 0.0274. The van der Waals surface area contributed by atoms with Gasteiger partial charge in [-0.3, -0.25) is 62.5 Å². The van der Waals surface area contributed by atoms with Crippen LogP contribution in [0.1, 0.15) is 106 Å². The van der Waals surface area contributed by atoms with Crippen LogP contribution in [0.3, 0.4) is 0 Å². The van der Waals surface area contributed by atoms with Crippen LogP contribution >= 0.6 is 12.6 Å². The summed E-state index contributed by atoms with van der Waals surface area (Å²) < 4.78 is 0. The zero-order valence-corrected chi connectivity index (χ0v) is 51.8. The minimum Gasteiger partial charge on any atom is -0.508 e. The monoisotopic (exact) mass is 1260 g/mol. The molecule has 88 heavy (non-hydrogen) atoms. The number of carbonyl (C=O) groups excluding carboxylic acids is 10. The maximum absolute atomic E-state index is 14.3. The summed E-state index contributed by atoms with van der Waals surface area (Å²) in [5, 5.41) is 61.6. The number of phenolic OH excluding ortho intramolecular Hbond substituents is 2. The van der Waals surface area contributed by atoms with E-state index in [9.17, 15) is 78.0 Å². The maximum atomic E-state index is 14.3. The molecule has 0 saturated carbocycles. The second-order valence-corrected chi connectivity index (χ2v) is 23.1. The van der Waals surface area contributed by atoms with E-state index in [2.05, 4.69) is 70.8 Å². The molecule has 0 bridgehead atoms. The van der Waals surface area contributed by atoms with Crippen molar-refractivity contribution in [3.8, 4) is 11.5 Å². The number of nitrogens with one attached hydrogen (secondary N) is 10. The molecule has 31 heteroatoms. The number of phenols is 2. The minimum atomic E-state index is -2.02. The van der Waals surface area contributed by atoms with Crippen LogP contribution in [0, 0.1) is 17.8 Å². The lowest BCUT2D eigenvalue weighted by Crippen LogP contribution is -2.61. The van der Waals surface area contributed by atoms with Crippen molar-refractivity contribution < 1.29 is 78.0 Å². The Balaban J connectivity index is 2.35. The second kappa shape index (κ2) is 37.1. The predicted octanol–water partition coefficient (Wildman–Crippen LogP) is -2.59. The van der Waals surface area contributed by atoms with E-state index in [0.29, 0.717) is 17.5 Å². The highest BCUT2D eigenvalue weighted by Crippen LogP contribution is 2.16. The molecule has 0 aromatic heterocycles. The molecule has 0 aliphatic carbocycles. The van der Waals surface area contributed by atoms with E-state index < -0.39 is 143 Å². The van der Waals surface area contributed by atoms with Gasteiger partial charge in [-0.05, 0) is 106 Å². The number of aliphatic carboxylic acids is 2. The smallest absolute Gasteiger partial charge is 0.325 e. The highest BCUT2D eigenvalue weighted by atomic mass is 32.1. The zero-order valence-electron chi connectivity index (χ0n) is 50.9. The Morgan fingerprint density at radius 1 is 0.466 bits per heavy atom. The summed E-state index contributed by atoms with van der Waals surface area (Å²) in [7, 11) is 0. The third-order valence-electron chi connectivity index (χ3n) is 13.2. The summed E-state index contributed by atoms with van der Waals surface area (Å²) in [6.45, 7) is 13.5. The van der Waals surface area contributed by atoms with E-state index in [1.807, 2.05) is 13.8 Å². The Labute approximate surface area is 516 Å². The molecular weight excluding hydrogens is 1170 g/mol. The second-order valence-electron chi connectivity index (χ2n) is 22.6. The van der Waals surface area contributed by atoms with Gasteiger partial charge in [-0.15, -0.1) is 0 Å². The van der Waals surface area contributed by atoms with Crippen molar-refractivity contribution in [3.05, 3.63) is 59.7 Å². The first kappa shape index (κ1) is 75.4. The Kier molecular flexibility index (Phi) is 31.7. The Bertz CT molecular complexity index is 2770. The molecule has 2 aromatic carbocycles. The van der Waals surface area contributed by atoms with Gasteiger partial charge in [0.05, 0.1) is 12.6 Å². The molecule has 20 N–H and O–H groups in total. The van der Waals surface area contributed by atoms with Gasteiger partial charge < -0.3 is 90.8 Å².